The maximum absolute atomic E-state index is 11.6. The SMILES string of the molecule is CCCCCCCCCCCCCCCC(=N)C1=C(O)C(CO)OC1=O. The van der Waals surface area contributed by atoms with E-state index in [0.29, 0.717) is 6.42 Å². The van der Waals surface area contributed by atoms with Gasteiger partial charge in [0, 0.05) is 5.71 Å². The fourth-order valence-corrected chi connectivity index (χ4v) is 3.36. The molecule has 0 saturated heterocycles. The van der Waals surface area contributed by atoms with Crippen LogP contribution >= 0.6 is 0 Å². The van der Waals surface area contributed by atoms with Crippen LogP contribution in [0.2, 0.25) is 0 Å². The number of esters is 1. The Morgan fingerprint density at radius 2 is 1.38 bits per heavy atom. The lowest BCUT2D eigenvalue weighted by Gasteiger charge is -2.05. The van der Waals surface area contributed by atoms with Crippen molar-refractivity contribution >= 4 is 11.7 Å². The summed E-state index contributed by atoms with van der Waals surface area (Å²) < 4.78 is 4.82. The van der Waals surface area contributed by atoms with E-state index in [1.807, 2.05) is 0 Å². The molecule has 0 bridgehead atoms. The molecule has 1 atom stereocenters. The van der Waals surface area contributed by atoms with Gasteiger partial charge in [-0.2, -0.15) is 0 Å². The number of nitrogens with one attached hydrogen (secondary N) is 1. The van der Waals surface area contributed by atoms with Gasteiger partial charge in [0.15, 0.2) is 11.9 Å². The Morgan fingerprint density at radius 1 is 0.923 bits per heavy atom. The highest BCUT2D eigenvalue weighted by atomic mass is 16.6. The minimum Gasteiger partial charge on any atom is -0.507 e. The van der Waals surface area contributed by atoms with Crippen LogP contribution in [-0.4, -0.2) is 34.6 Å². The highest BCUT2D eigenvalue weighted by molar-refractivity contribution is 6.20. The monoisotopic (exact) mass is 367 g/mol. The van der Waals surface area contributed by atoms with Crippen molar-refractivity contribution in [3.63, 3.8) is 0 Å². The Bertz CT molecular complexity index is 459. The summed E-state index contributed by atoms with van der Waals surface area (Å²) in [6, 6.07) is 0. The molecule has 0 amide bonds. The molecule has 0 aromatic carbocycles. The van der Waals surface area contributed by atoms with E-state index >= 15 is 0 Å². The average Bonchev–Trinajstić information content (AvgIpc) is 2.92. The first-order valence-electron chi connectivity index (χ1n) is 10.4. The van der Waals surface area contributed by atoms with E-state index in [9.17, 15) is 9.90 Å². The van der Waals surface area contributed by atoms with Crippen molar-refractivity contribution in [3.8, 4) is 0 Å². The first-order chi connectivity index (χ1) is 12.6. The normalized spacial score (nSPS) is 17.0. The largest absolute Gasteiger partial charge is 0.507 e. The topological polar surface area (TPSA) is 90.6 Å². The van der Waals surface area contributed by atoms with Crippen molar-refractivity contribution in [2.45, 2.75) is 103 Å². The number of carbonyl (C=O) groups excluding carboxylic acids is 1. The lowest BCUT2D eigenvalue weighted by molar-refractivity contribution is -0.141. The van der Waals surface area contributed by atoms with E-state index in [2.05, 4.69) is 6.92 Å². The second-order valence-electron chi connectivity index (χ2n) is 7.31. The molecule has 1 unspecified atom stereocenters. The molecule has 0 aromatic rings. The lowest BCUT2D eigenvalue weighted by Crippen LogP contribution is -2.15. The van der Waals surface area contributed by atoms with E-state index in [0.717, 1.165) is 19.3 Å². The number of rotatable bonds is 16. The zero-order chi connectivity index (χ0) is 19.2. The first kappa shape index (κ1) is 22.7. The molecule has 0 aromatic heterocycles. The maximum atomic E-state index is 11.6. The van der Waals surface area contributed by atoms with Crippen molar-refractivity contribution < 1.29 is 19.7 Å². The van der Waals surface area contributed by atoms with Gasteiger partial charge in [0.25, 0.3) is 0 Å². The van der Waals surface area contributed by atoms with Gasteiger partial charge in [-0.3, -0.25) is 0 Å². The van der Waals surface area contributed by atoms with Crippen molar-refractivity contribution in [1.29, 1.82) is 5.41 Å². The third-order valence-electron chi connectivity index (χ3n) is 5.01. The van der Waals surface area contributed by atoms with Crippen molar-refractivity contribution in [2.24, 2.45) is 0 Å². The molecule has 0 radical (unpaired) electrons. The number of hydrogen-bond donors (Lipinski definition) is 3. The molecule has 1 aliphatic rings. The van der Waals surface area contributed by atoms with Crippen LogP contribution in [0.3, 0.4) is 0 Å². The summed E-state index contributed by atoms with van der Waals surface area (Å²) in [5, 5.41) is 26.8. The van der Waals surface area contributed by atoms with Gasteiger partial charge < -0.3 is 20.4 Å². The van der Waals surface area contributed by atoms with E-state index in [1.165, 1.54) is 64.2 Å². The van der Waals surface area contributed by atoms with Crippen LogP contribution in [0.1, 0.15) is 96.8 Å². The Kier molecular flexibility index (Phi) is 12.0. The molecule has 5 heteroatoms. The van der Waals surface area contributed by atoms with Crippen LogP contribution in [-0.2, 0) is 9.53 Å². The van der Waals surface area contributed by atoms with Crippen LogP contribution in [0.5, 0.6) is 0 Å². The van der Waals surface area contributed by atoms with E-state index < -0.39 is 18.7 Å². The quantitative estimate of drug-likeness (QED) is 0.198. The molecule has 1 heterocycles. The second kappa shape index (κ2) is 13.8. The maximum Gasteiger partial charge on any atom is 0.344 e. The van der Waals surface area contributed by atoms with E-state index in [1.54, 1.807) is 0 Å². The number of aliphatic hydroxyl groups excluding tert-OH is 2. The number of hydrogen-bond acceptors (Lipinski definition) is 5. The molecule has 0 fully saturated rings. The summed E-state index contributed by atoms with van der Waals surface area (Å²) in [5.74, 6) is -0.988. The summed E-state index contributed by atoms with van der Waals surface area (Å²) in [7, 11) is 0. The Labute approximate surface area is 158 Å². The minimum absolute atomic E-state index is 0.0528. The Balaban J connectivity index is 1.98. The fourth-order valence-electron chi connectivity index (χ4n) is 3.36. The van der Waals surface area contributed by atoms with Crippen molar-refractivity contribution in [1.82, 2.24) is 0 Å². The van der Waals surface area contributed by atoms with E-state index in [-0.39, 0.29) is 17.0 Å². The minimum atomic E-state index is -0.996. The van der Waals surface area contributed by atoms with Crippen LogP contribution in [0.15, 0.2) is 11.3 Å². The Morgan fingerprint density at radius 3 is 1.81 bits per heavy atom. The predicted octanol–water partition coefficient (Wildman–Crippen LogP) is 5.22. The van der Waals surface area contributed by atoms with Gasteiger partial charge >= 0.3 is 5.97 Å². The van der Waals surface area contributed by atoms with Gasteiger partial charge in [0.1, 0.15) is 5.57 Å². The second-order valence-corrected chi connectivity index (χ2v) is 7.31. The standard InChI is InChI=1S/C21H37NO4/c1-2-3-4-5-6-7-8-9-10-11-12-13-14-15-17(22)19-20(24)18(16-23)26-21(19)25/h18,22-24H,2-16H2,1H3. The molecular weight excluding hydrogens is 330 g/mol. The van der Waals surface area contributed by atoms with Gasteiger partial charge in [-0.05, 0) is 12.8 Å². The number of carbonyl (C=O) groups is 1. The van der Waals surface area contributed by atoms with Gasteiger partial charge in [-0.1, -0.05) is 84.0 Å². The highest BCUT2D eigenvalue weighted by Crippen LogP contribution is 2.23. The smallest absolute Gasteiger partial charge is 0.344 e. The number of aliphatic hydroxyl groups is 2. The number of cyclic esters (lactones) is 1. The van der Waals surface area contributed by atoms with Gasteiger partial charge in [0.05, 0.1) is 6.61 Å². The van der Waals surface area contributed by atoms with Gasteiger partial charge in [-0.25, -0.2) is 4.79 Å². The van der Waals surface area contributed by atoms with Crippen LogP contribution in [0.25, 0.3) is 0 Å². The molecule has 0 saturated carbocycles. The number of unbranched alkanes of at least 4 members (excludes halogenated alkanes) is 12. The highest BCUT2D eigenvalue weighted by Gasteiger charge is 2.35. The fraction of sp³-hybridized carbons (Fsp3) is 0.810. The lowest BCUT2D eigenvalue weighted by atomic mass is 10.0. The molecule has 150 valence electrons. The molecular formula is C21H37NO4. The van der Waals surface area contributed by atoms with Gasteiger partial charge in [-0.15, -0.1) is 0 Å². The van der Waals surface area contributed by atoms with Crippen LogP contribution in [0.4, 0.5) is 0 Å². The average molecular weight is 368 g/mol. The van der Waals surface area contributed by atoms with Crippen LogP contribution in [0, 0.1) is 5.41 Å². The third-order valence-corrected chi connectivity index (χ3v) is 5.01. The zero-order valence-electron chi connectivity index (χ0n) is 16.4. The molecule has 0 spiro atoms. The molecule has 1 aliphatic heterocycles. The summed E-state index contributed by atoms with van der Waals surface area (Å²) in [6.45, 7) is 1.80. The molecule has 3 N–H and O–H groups in total. The Hall–Kier alpha value is -1.36. The summed E-state index contributed by atoms with van der Waals surface area (Å²) in [5.41, 5.74) is 0.0644. The molecule has 26 heavy (non-hydrogen) atoms. The first-order valence-corrected chi connectivity index (χ1v) is 10.4. The van der Waals surface area contributed by atoms with Crippen molar-refractivity contribution in [2.75, 3.05) is 6.61 Å². The van der Waals surface area contributed by atoms with Crippen LogP contribution < -0.4 is 0 Å². The van der Waals surface area contributed by atoms with E-state index in [4.69, 9.17) is 15.3 Å². The molecule has 5 nitrogen and oxygen atoms in total. The van der Waals surface area contributed by atoms with Gasteiger partial charge in [0.2, 0.25) is 0 Å². The summed E-state index contributed by atoms with van der Waals surface area (Å²) >= 11 is 0. The summed E-state index contributed by atoms with van der Waals surface area (Å²) in [4.78, 5) is 11.6. The zero-order valence-corrected chi connectivity index (χ0v) is 16.4. The summed E-state index contributed by atoms with van der Waals surface area (Å²) in [6.07, 6.45) is 15.9. The molecule has 1 rings (SSSR count). The molecule has 0 aliphatic carbocycles. The predicted molar refractivity (Wildman–Crippen MR) is 105 cm³/mol. The third kappa shape index (κ3) is 8.35. The van der Waals surface area contributed by atoms with Crippen molar-refractivity contribution in [3.05, 3.63) is 11.3 Å². The number of ether oxygens (including phenoxy) is 1.